The van der Waals surface area contributed by atoms with Gasteiger partial charge in [-0.3, -0.25) is 0 Å². The van der Waals surface area contributed by atoms with Gasteiger partial charge in [-0.2, -0.15) is 5.26 Å². The third-order valence-corrected chi connectivity index (χ3v) is 6.83. The summed E-state index contributed by atoms with van der Waals surface area (Å²) in [5, 5.41) is 15.5. The summed E-state index contributed by atoms with van der Waals surface area (Å²) in [6.45, 7) is 0. The van der Waals surface area contributed by atoms with Gasteiger partial charge in [0.2, 0.25) is 0 Å². The van der Waals surface area contributed by atoms with E-state index in [0.29, 0.717) is 5.02 Å². The lowest BCUT2D eigenvalue weighted by Crippen LogP contribution is -2.35. The Balaban J connectivity index is 1.79. The fraction of sp³-hybridized carbons (Fsp3) is 0.138. The molecule has 3 heteroatoms. The van der Waals surface area contributed by atoms with Crippen LogP contribution >= 0.6 is 11.6 Å². The molecule has 1 heterocycles. The van der Waals surface area contributed by atoms with E-state index >= 15 is 0 Å². The molecular weight excluding hydrogens is 412 g/mol. The van der Waals surface area contributed by atoms with Gasteiger partial charge in [0.05, 0.1) is 12.1 Å². The van der Waals surface area contributed by atoms with Crippen LogP contribution in [0.4, 0.5) is 0 Å². The molecule has 1 saturated heterocycles. The third-order valence-electron chi connectivity index (χ3n) is 6.58. The van der Waals surface area contributed by atoms with Crippen LogP contribution in [0.25, 0.3) is 0 Å². The van der Waals surface area contributed by atoms with Crippen LogP contribution in [0.15, 0.2) is 115 Å². The van der Waals surface area contributed by atoms with Crippen molar-refractivity contribution in [1.29, 1.82) is 5.26 Å². The van der Waals surface area contributed by atoms with E-state index < -0.39 is 5.41 Å². The molecule has 0 bridgehead atoms. The van der Waals surface area contributed by atoms with Crippen molar-refractivity contribution in [1.82, 2.24) is 5.32 Å². The van der Waals surface area contributed by atoms with Crippen LogP contribution in [-0.4, -0.2) is 0 Å². The number of hydrogen-bond acceptors (Lipinski definition) is 2. The van der Waals surface area contributed by atoms with Crippen LogP contribution in [0.2, 0.25) is 5.02 Å². The Hall–Kier alpha value is -3.38. The van der Waals surface area contributed by atoms with Crippen molar-refractivity contribution in [2.24, 2.45) is 0 Å². The number of nitrogens with one attached hydrogen (secondary N) is 1. The van der Waals surface area contributed by atoms with Crippen molar-refractivity contribution < 1.29 is 0 Å². The lowest BCUT2D eigenvalue weighted by atomic mass is 9.63. The molecule has 0 aliphatic carbocycles. The highest BCUT2D eigenvalue weighted by Crippen LogP contribution is 2.58. The fourth-order valence-electron chi connectivity index (χ4n) is 5.19. The van der Waals surface area contributed by atoms with E-state index in [9.17, 15) is 5.26 Å². The molecule has 5 rings (SSSR count). The summed E-state index contributed by atoms with van der Waals surface area (Å²) in [4.78, 5) is 0. The van der Waals surface area contributed by atoms with Gasteiger partial charge in [0.1, 0.15) is 5.41 Å². The van der Waals surface area contributed by atoms with Gasteiger partial charge in [0.25, 0.3) is 0 Å². The summed E-state index contributed by atoms with van der Waals surface area (Å²) in [7, 11) is 0. The molecule has 1 aliphatic heterocycles. The first-order chi connectivity index (χ1) is 15.7. The van der Waals surface area contributed by atoms with Crippen molar-refractivity contribution >= 4 is 11.6 Å². The molecule has 156 valence electrons. The van der Waals surface area contributed by atoms with Gasteiger partial charge < -0.3 is 5.32 Å². The second-order valence-electron chi connectivity index (χ2n) is 8.27. The average molecular weight is 435 g/mol. The predicted molar refractivity (Wildman–Crippen MR) is 129 cm³/mol. The molecule has 2 nitrogen and oxygen atoms in total. The topological polar surface area (TPSA) is 35.8 Å². The average Bonchev–Trinajstić information content (AvgIpc) is 3.22. The third kappa shape index (κ3) is 3.41. The standard InChI is InChI=1S/C29H23ClN2/c30-25-18-16-23(17-19-25)28-29(20-31,24-14-8-3-9-15-24)26(21-10-4-1-5-11-21)27(32-28)22-12-6-2-7-13-22/h1-19,26-28,32H. The van der Waals surface area contributed by atoms with Crippen molar-refractivity contribution in [2.45, 2.75) is 23.4 Å². The number of hydrogen-bond donors (Lipinski definition) is 1. The Bertz CT molecular complexity index is 1220. The largest absolute Gasteiger partial charge is 0.301 e. The smallest absolute Gasteiger partial charge is 0.110 e. The maximum atomic E-state index is 10.9. The van der Waals surface area contributed by atoms with Crippen LogP contribution in [0.5, 0.6) is 0 Å². The highest BCUT2D eigenvalue weighted by atomic mass is 35.5. The second-order valence-corrected chi connectivity index (χ2v) is 8.71. The summed E-state index contributed by atoms with van der Waals surface area (Å²) >= 11 is 6.20. The van der Waals surface area contributed by atoms with Crippen molar-refractivity contribution in [3.8, 4) is 6.07 Å². The van der Waals surface area contributed by atoms with E-state index in [2.05, 4.69) is 72.0 Å². The van der Waals surface area contributed by atoms with E-state index in [-0.39, 0.29) is 18.0 Å². The molecule has 0 aromatic heterocycles. The number of halogens is 1. The lowest BCUT2D eigenvalue weighted by molar-refractivity contribution is 0.438. The Morgan fingerprint density at radius 3 is 1.75 bits per heavy atom. The number of rotatable bonds is 4. The Morgan fingerprint density at radius 1 is 0.656 bits per heavy atom. The molecule has 0 spiro atoms. The monoisotopic (exact) mass is 434 g/mol. The van der Waals surface area contributed by atoms with Crippen LogP contribution < -0.4 is 5.32 Å². The molecule has 4 aromatic carbocycles. The van der Waals surface area contributed by atoms with E-state index in [0.717, 1.165) is 16.7 Å². The van der Waals surface area contributed by atoms with Gasteiger partial charge >= 0.3 is 0 Å². The maximum Gasteiger partial charge on any atom is 0.110 e. The van der Waals surface area contributed by atoms with Gasteiger partial charge in [-0.1, -0.05) is 115 Å². The second kappa shape index (κ2) is 8.63. The maximum absolute atomic E-state index is 10.9. The van der Waals surface area contributed by atoms with E-state index in [1.807, 2.05) is 54.6 Å². The normalized spacial score (nSPS) is 24.7. The first-order valence-electron chi connectivity index (χ1n) is 10.8. The number of nitrogens with zero attached hydrogens (tertiary/aromatic N) is 1. The first kappa shape index (κ1) is 20.5. The molecule has 0 amide bonds. The molecule has 4 atom stereocenters. The van der Waals surface area contributed by atoms with Crippen LogP contribution in [-0.2, 0) is 5.41 Å². The first-order valence-corrected chi connectivity index (χ1v) is 11.2. The van der Waals surface area contributed by atoms with Crippen LogP contribution in [0, 0.1) is 11.3 Å². The number of benzene rings is 4. The minimum absolute atomic E-state index is 0.0286. The van der Waals surface area contributed by atoms with Crippen molar-refractivity contribution in [3.63, 3.8) is 0 Å². The van der Waals surface area contributed by atoms with Crippen molar-refractivity contribution in [3.05, 3.63) is 143 Å². The molecule has 32 heavy (non-hydrogen) atoms. The Labute approximate surface area is 194 Å². The SMILES string of the molecule is N#CC1(c2ccccc2)C(c2ccc(Cl)cc2)NC(c2ccccc2)C1c1ccccc1. The van der Waals surface area contributed by atoms with Crippen LogP contribution in [0.1, 0.15) is 40.3 Å². The van der Waals surface area contributed by atoms with Gasteiger partial charge in [0, 0.05) is 17.0 Å². The van der Waals surface area contributed by atoms with Gasteiger partial charge in [-0.25, -0.2) is 0 Å². The quantitative estimate of drug-likeness (QED) is 0.376. The molecule has 0 radical (unpaired) electrons. The molecule has 1 N–H and O–H groups in total. The summed E-state index contributed by atoms with van der Waals surface area (Å²) in [6, 6.07) is 41.5. The lowest BCUT2D eigenvalue weighted by Gasteiger charge is -2.35. The van der Waals surface area contributed by atoms with E-state index in [1.165, 1.54) is 5.56 Å². The minimum Gasteiger partial charge on any atom is -0.301 e. The molecular formula is C29H23ClN2. The van der Waals surface area contributed by atoms with Gasteiger partial charge in [-0.05, 0) is 34.4 Å². The summed E-state index contributed by atoms with van der Waals surface area (Å²) < 4.78 is 0. The molecule has 0 saturated carbocycles. The van der Waals surface area contributed by atoms with Crippen LogP contribution in [0.3, 0.4) is 0 Å². The molecule has 1 aliphatic rings. The summed E-state index contributed by atoms with van der Waals surface area (Å²) in [5.41, 5.74) is 3.59. The Kier molecular flexibility index (Phi) is 5.53. The zero-order chi connectivity index (χ0) is 22.0. The highest BCUT2D eigenvalue weighted by molar-refractivity contribution is 6.30. The van der Waals surface area contributed by atoms with Gasteiger partial charge in [-0.15, -0.1) is 0 Å². The number of nitriles is 1. The molecule has 1 fully saturated rings. The zero-order valence-electron chi connectivity index (χ0n) is 17.5. The fourth-order valence-corrected chi connectivity index (χ4v) is 5.31. The predicted octanol–water partition coefficient (Wildman–Crippen LogP) is 6.97. The summed E-state index contributed by atoms with van der Waals surface area (Å²) in [5.74, 6) is -0.0841. The minimum atomic E-state index is -0.809. The van der Waals surface area contributed by atoms with Crippen molar-refractivity contribution in [2.75, 3.05) is 0 Å². The van der Waals surface area contributed by atoms with E-state index in [1.54, 1.807) is 0 Å². The summed E-state index contributed by atoms with van der Waals surface area (Å²) in [6.07, 6.45) is 0. The van der Waals surface area contributed by atoms with Gasteiger partial charge in [0.15, 0.2) is 0 Å². The molecule has 4 aromatic rings. The van der Waals surface area contributed by atoms with E-state index in [4.69, 9.17) is 11.6 Å². The highest BCUT2D eigenvalue weighted by Gasteiger charge is 2.57. The Morgan fingerprint density at radius 2 is 1.19 bits per heavy atom. The molecule has 4 unspecified atom stereocenters. The zero-order valence-corrected chi connectivity index (χ0v) is 18.3.